The van der Waals surface area contributed by atoms with E-state index in [1.165, 1.54) is 4.88 Å². The van der Waals surface area contributed by atoms with Crippen LogP contribution in [0.15, 0.2) is 11.7 Å². The average molecular weight is 374 g/mol. The fourth-order valence-corrected chi connectivity index (χ4v) is 3.00. The molecule has 0 aliphatic rings. The topological polar surface area (TPSA) is 87.9 Å². The first-order valence-electron chi connectivity index (χ1n) is 7.89. The number of nitrogens with two attached hydrogens (primary N) is 1. The van der Waals surface area contributed by atoms with Crippen molar-refractivity contribution in [3.8, 4) is 0 Å². The Labute approximate surface area is 154 Å². The van der Waals surface area contributed by atoms with E-state index in [0.29, 0.717) is 24.6 Å². The predicted molar refractivity (Wildman–Crippen MR) is 94.5 cm³/mol. The summed E-state index contributed by atoms with van der Waals surface area (Å²) < 4.78 is 2.11. The number of aryl methyl sites for hydroxylation is 1. The van der Waals surface area contributed by atoms with Crippen molar-refractivity contribution in [1.82, 2.24) is 15.3 Å². The van der Waals surface area contributed by atoms with Crippen LogP contribution in [0.3, 0.4) is 0 Å². The molecule has 0 aromatic carbocycles. The minimum absolute atomic E-state index is 0. The number of hydrogen-bond acceptors (Lipinski definition) is 6. The first-order chi connectivity index (χ1) is 11.0. The SMILES string of the molecule is CCNCC.Cc1ncc(C[n+]2csc(CCO)c2C)c(N)n1.[Cl-]. The lowest BCUT2D eigenvalue weighted by atomic mass is 10.2. The Hall–Kier alpha value is -1.28. The Balaban J connectivity index is 0.000000777. The van der Waals surface area contributed by atoms with E-state index in [1.807, 2.05) is 19.4 Å². The molecule has 2 heterocycles. The van der Waals surface area contributed by atoms with Crippen molar-refractivity contribution in [2.24, 2.45) is 0 Å². The van der Waals surface area contributed by atoms with Gasteiger partial charge < -0.3 is 28.6 Å². The van der Waals surface area contributed by atoms with Crippen LogP contribution >= 0.6 is 11.3 Å². The molecule has 6 nitrogen and oxygen atoms in total. The maximum absolute atomic E-state index is 8.98. The Morgan fingerprint density at radius 1 is 1.29 bits per heavy atom. The van der Waals surface area contributed by atoms with Crippen molar-refractivity contribution in [3.63, 3.8) is 0 Å². The molecule has 2 aromatic heterocycles. The van der Waals surface area contributed by atoms with Crippen LogP contribution in [0.5, 0.6) is 0 Å². The number of aliphatic hydroxyl groups excluding tert-OH is 1. The summed E-state index contributed by atoms with van der Waals surface area (Å²) in [6.07, 6.45) is 2.47. The number of nitrogens with zero attached hydrogens (tertiary/aromatic N) is 3. The number of anilines is 1. The third kappa shape index (κ3) is 7.09. The number of nitrogen functional groups attached to an aromatic ring is 1. The average Bonchev–Trinajstić information content (AvgIpc) is 2.85. The summed E-state index contributed by atoms with van der Waals surface area (Å²) in [5.41, 5.74) is 10.0. The normalized spacial score (nSPS) is 9.88. The fraction of sp³-hybridized carbons (Fsp3) is 0.562. The van der Waals surface area contributed by atoms with Crippen LogP contribution in [0.25, 0.3) is 0 Å². The van der Waals surface area contributed by atoms with Gasteiger partial charge in [0.15, 0.2) is 12.2 Å². The van der Waals surface area contributed by atoms with Crippen LogP contribution in [-0.2, 0) is 13.0 Å². The van der Waals surface area contributed by atoms with Gasteiger partial charge in [-0.3, -0.25) is 0 Å². The minimum atomic E-state index is 0. The highest BCUT2D eigenvalue weighted by atomic mass is 35.5. The fourth-order valence-electron chi connectivity index (χ4n) is 2.02. The quantitative estimate of drug-likeness (QED) is 0.521. The van der Waals surface area contributed by atoms with Gasteiger partial charge in [-0.15, -0.1) is 0 Å². The molecule has 0 fully saturated rings. The van der Waals surface area contributed by atoms with E-state index in [-0.39, 0.29) is 19.0 Å². The second-order valence-corrected chi connectivity index (χ2v) is 6.06. The molecule has 0 unspecified atom stereocenters. The molecular weight excluding hydrogens is 346 g/mol. The van der Waals surface area contributed by atoms with E-state index in [9.17, 15) is 0 Å². The van der Waals surface area contributed by atoms with Gasteiger partial charge >= 0.3 is 0 Å². The van der Waals surface area contributed by atoms with Gasteiger partial charge in [0.25, 0.3) is 0 Å². The van der Waals surface area contributed by atoms with Crippen molar-refractivity contribution in [2.45, 2.75) is 40.7 Å². The summed E-state index contributed by atoms with van der Waals surface area (Å²) >= 11 is 1.65. The minimum Gasteiger partial charge on any atom is -1.00 e. The maximum Gasteiger partial charge on any atom is 0.225 e. The Morgan fingerprint density at radius 2 is 1.96 bits per heavy atom. The summed E-state index contributed by atoms with van der Waals surface area (Å²) in [5, 5.41) is 12.1. The van der Waals surface area contributed by atoms with Crippen molar-refractivity contribution in [2.75, 3.05) is 25.4 Å². The molecule has 0 saturated heterocycles. The van der Waals surface area contributed by atoms with E-state index >= 15 is 0 Å². The highest BCUT2D eigenvalue weighted by Gasteiger charge is 2.16. The zero-order valence-corrected chi connectivity index (χ0v) is 16.4. The van der Waals surface area contributed by atoms with E-state index in [0.717, 1.165) is 24.3 Å². The molecule has 8 heteroatoms. The molecule has 136 valence electrons. The number of aromatic nitrogens is 3. The van der Waals surface area contributed by atoms with Crippen LogP contribution in [0, 0.1) is 13.8 Å². The van der Waals surface area contributed by atoms with Gasteiger partial charge in [0.2, 0.25) is 5.51 Å². The van der Waals surface area contributed by atoms with Crippen molar-refractivity contribution in [1.29, 1.82) is 0 Å². The lowest BCUT2D eigenvalue weighted by Gasteiger charge is -2.01. The number of hydrogen-bond donors (Lipinski definition) is 3. The second-order valence-electron chi connectivity index (χ2n) is 5.12. The monoisotopic (exact) mass is 373 g/mol. The maximum atomic E-state index is 8.98. The van der Waals surface area contributed by atoms with E-state index < -0.39 is 0 Å². The van der Waals surface area contributed by atoms with Gasteiger partial charge in [0.05, 0.1) is 10.4 Å². The molecule has 0 aliphatic carbocycles. The third-order valence-electron chi connectivity index (χ3n) is 3.35. The molecule has 24 heavy (non-hydrogen) atoms. The zero-order chi connectivity index (χ0) is 17.2. The first kappa shape index (κ1) is 22.7. The summed E-state index contributed by atoms with van der Waals surface area (Å²) in [6, 6.07) is 0. The van der Waals surface area contributed by atoms with E-state index in [4.69, 9.17) is 10.8 Å². The van der Waals surface area contributed by atoms with Crippen LogP contribution in [-0.4, -0.2) is 34.8 Å². The number of rotatable bonds is 6. The molecule has 0 saturated carbocycles. The highest BCUT2D eigenvalue weighted by Crippen LogP contribution is 2.13. The van der Waals surface area contributed by atoms with Crippen molar-refractivity contribution < 1.29 is 22.1 Å². The Morgan fingerprint density at radius 3 is 2.46 bits per heavy atom. The van der Waals surface area contributed by atoms with Crippen LogP contribution in [0.4, 0.5) is 5.82 Å². The van der Waals surface area contributed by atoms with Gasteiger partial charge in [-0.05, 0) is 20.0 Å². The summed E-state index contributed by atoms with van der Waals surface area (Å²) in [5.74, 6) is 1.22. The standard InChI is InChI=1S/C12H17N4OS.C4H11N.ClH/c1-8-11(3-4-17)18-7-16(8)6-10-5-14-9(2)15-12(10)13;1-3-5-4-2;/h5,7,17H,3-4,6H2,1-2H3,(H2,13,14,15);5H,3-4H2,1-2H3;1H/q+1;;/p-1. The molecule has 2 rings (SSSR count). The molecule has 0 bridgehead atoms. The largest absolute Gasteiger partial charge is 1.00 e. The molecule has 0 aliphatic heterocycles. The van der Waals surface area contributed by atoms with Gasteiger partial charge in [0.1, 0.15) is 11.6 Å². The number of aliphatic hydroxyl groups is 1. The number of nitrogens with one attached hydrogen (secondary N) is 1. The van der Waals surface area contributed by atoms with Crippen LogP contribution < -0.4 is 28.0 Å². The van der Waals surface area contributed by atoms with Crippen molar-refractivity contribution >= 4 is 17.2 Å². The summed E-state index contributed by atoms with van der Waals surface area (Å²) in [6.45, 7) is 11.1. The van der Waals surface area contributed by atoms with E-state index in [2.05, 4.69) is 33.7 Å². The van der Waals surface area contributed by atoms with Gasteiger partial charge in [0, 0.05) is 26.1 Å². The third-order valence-corrected chi connectivity index (χ3v) is 4.50. The molecule has 0 radical (unpaired) electrons. The summed E-state index contributed by atoms with van der Waals surface area (Å²) in [7, 11) is 0. The number of halogens is 1. The van der Waals surface area contributed by atoms with Crippen LogP contribution in [0.1, 0.15) is 35.8 Å². The Bertz CT molecular complexity index is 604. The molecule has 0 spiro atoms. The smallest absolute Gasteiger partial charge is 0.225 e. The zero-order valence-electron chi connectivity index (χ0n) is 14.8. The first-order valence-corrected chi connectivity index (χ1v) is 8.77. The van der Waals surface area contributed by atoms with Crippen molar-refractivity contribution in [3.05, 3.63) is 33.7 Å². The number of thiazole rings is 1. The molecule has 2 aromatic rings. The predicted octanol–water partition coefficient (Wildman–Crippen LogP) is -1.77. The highest BCUT2D eigenvalue weighted by molar-refractivity contribution is 7.09. The second kappa shape index (κ2) is 12.1. The Kier molecular flexibility index (Phi) is 11.5. The lowest BCUT2D eigenvalue weighted by Crippen LogP contribution is -3.00. The molecule has 4 N–H and O–H groups in total. The summed E-state index contributed by atoms with van der Waals surface area (Å²) in [4.78, 5) is 9.53. The van der Waals surface area contributed by atoms with Gasteiger partial charge in [-0.1, -0.05) is 25.2 Å². The van der Waals surface area contributed by atoms with Gasteiger partial charge in [-0.25, -0.2) is 9.97 Å². The van der Waals surface area contributed by atoms with Gasteiger partial charge in [-0.2, -0.15) is 4.57 Å². The van der Waals surface area contributed by atoms with E-state index in [1.54, 1.807) is 17.5 Å². The molecule has 0 amide bonds. The lowest BCUT2D eigenvalue weighted by molar-refractivity contribution is -0.689. The molecule has 0 atom stereocenters. The van der Waals surface area contributed by atoms with Crippen LogP contribution in [0.2, 0.25) is 0 Å². The molecular formula is C16H28ClN5OS.